The van der Waals surface area contributed by atoms with Gasteiger partial charge in [0.15, 0.2) is 0 Å². The highest BCUT2D eigenvalue weighted by molar-refractivity contribution is 5.89. The van der Waals surface area contributed by atoms with Crippen molar-refractivity contribution in [3.8, 4) is 5.75 Å². The third kappa shape index (κ3) is 5.62. The lowest BCUT2D eigenvalue weighted by Gasteiger charge is -2.63. The van der Waals surface area contributed by atoms with Gasteiger partial charge in [-0.1, -0.05) is 57.2 Å². The van der Waals surface area contributed by atoms with Crippen LogP contribution in [0.15, 0.2) is 60.7 Å². The van der Waals surface area contributed by atoms with Crippen LogP contribution in [0.2, 0.25) is 0 Å². The molecule has 0 saturated heterocycles. The number of carbonyl (C=O) groups excluding carboxylic acids is 2. The average Bonchev–Trinajstić information content (AvgIpc) is 3.39. The zero-order valence-corrected chi connectivity index (χ0v) is 26.5. The standard InChI is InChI=1S/C38H50O5/c1-25(15-20-35(39)41-4)31-18-19-32-30-17-16-27-23-29(43-36(40)26-11-7-5-8-12-26)21-22-37(27,2)33(30)24-34(38(31,32)3)42-28-13-9-6-10-14-28/h5-14,25,27,29-34H,15-24H2,1-4H3/t25-,27+,29-,30+,31-,32+,33+,34+,37+,38-/m1/s1. The van der Waals surface area contributed by atoms with E-state index >= 15 is 0 Å². The van der Waals surface area contributed by atoms with Crippen LogP contribution < -0.4 is 4.74 Å². The van der Waals surface area contributed by atoms with Gasteiger partial charge in [-0.2, -0.15) is 0 Å². The first-order valence-corrected chi connectivity index (χ1v) is 16.8. The zero-order valence-electron chi connectivity index (χ0n) is 26.5. The third-order valence-electron chi connectivity index (χ3n) is 12.8. The molecule has 4 aliphatic carbocycles. The first-order chi connectivity index (χ1) is 20.7. The van der Waals surface area contributed by atoms with Gasteiger partial charge in [0, 0.05) is 11.8 Å². The van der Waals surface area contributed by atoms with Crippen molar-refractivity contribution in [2.24, 2.45) is 46.3 Å². The Labute approximate surface area is 258 Å². The summed E-state index contributed by atoms with van der Waals surface area (Å²) in [6.45, 7) is 7.43. The molecule has 0 radical (unpaired) electrons. The first kappa shape index (κ1) is 30.2. The van der Waals surface area contributed by atoms with E-state index in [0.717, 1.165) is 37.9 Å². The molecule has 5 heteroatoms. The van der Waals surface area contributed by atoms with E-state index < -0.39 is 0 Å². The van der Waals surface area contributed by atoms with E-state index in [1.54, 1.807) is 0 Å². The second-order valence-electron chi connectivity index (χ2n) is 14.6. The van der Waals surface area contributed by atoms with Gasteiger partial charge >= 0.3 is 11.9 Å². The predicted molar refractivity (Wildman–Crippen MR) is 168 cm³/mol. The lowest BCUT2D eigenvalue weighted by atomic mass is 9.43. The predicted octanol–water partition coefficient (Wildman–Crippen LogP) is 8.52. The van der Waals surface area contributed by atoms with Crippen molar-refractivity contribution >= 4 is 11.9 Å². The first-order valence-electron chi connectivity index (χ1n) is 16.8. The highest BCUT2D eigenvalue weighted by Crippen LogP contribution is 2.69. The second kappa shape index (κ2) is 12.3. The molecule has 0 unspecified atom stereocenters. The summed E-state index contributed by atoms with van der Waals surface area (Å²) in [5.74, 6) is 4.12. The fraction of sp³-hybridized carbons (Fsp3) is 0.632. The maximum Gasteiger partial charge on any atom is 0.338 e. The molecule has 0 spiro atoms. The monoisotopic (exact) mass is 586 g/mol. The van der Waals surface area contributed by atoms with Crippen molar-refractivity contribution in [2.75, 3.05) is 7.11 Å². The number of ether oxygens (including phenoxy) is 3. The largest absolute Gasteiger partial charge is 0.490 e. The van der Waals surface area contributed by atoms with Crippen LogP contribution in [0.1, 0.15) is 95.3 Å². The van der Waals surface area contributed by atoms with Crippen molar-refractivity contribution < 1.29 is 23.8 Å². The van der Waals surface area contributed by atoms with E-state index in [-0.39, 0.29) is 35.0 Å². The van der Waals surface area contributed by atoms with Crippen LogP contribution in [0.25, 0.3) is 0 Å². The van der Waals surface area contributed by atoms with Gasteiger partial charge in [-0.15, -0.1) is 0 Å². The molecular weight excluding hydrogens is 536 g/mol. The normalized spacial score (nSPS) is 37.3. The van der Waals surface area contributed by atoms with Gasteiger partial charge in [0.1, 0.15) is 18.0 Å². The summed E-state index contributed by atoms with van der Waals surface area (Å²) in [6.07, 6.45) is 10.5. The lowest BCUT2D eigenvalue weighted by molar-refractivity contribution is -0.168. The molecule has 0 heterocycles. The summed E-state index contributed by atoms with van der Waals surface area (Å²) >= 11 is 0. The fourth-order valence-electron chi connectivity index (χ4n) is 10.5. The lowest BCUT2D eigenvalue weighted by Crippen LogP contribution is -2.60. The Kier molecular flexibility index (Phi) is 8.63. The van der Waals surface area contributed by atoms with Crippen molar-refractivity contribution in [2.45, 2.75) is 97.2 Å². The zero-order chi connectivity index (χ0) is 30.2. The Morgan fingerprint density at radius 1 is 0.884 bits per heavy atom. The molecule has 43 heavy (non-hydrogen) atoms. The maximum absolute atomic E-state index is 12.9. The summed E-state index contributed by atoms with van der Waals surface area (Å²) in [5.41, 5.74) is 0.939. The second-order valence-corrected chi connectivity index (χ2v) is 14.6. The molecule has 0 aliphatic heterocycles. The van der Waals surface area contributed by atoms with Gasteiger partial charge in [-0.25, -0.2) is 4.79 Å². The van der Waals surface area contributed by atoms with Crippen molar-refractivity contribution in [1.29, 1.82) is 0 Å². The molecule has 10 atom stereocenters. The van der Waals surface area contributed by atoms with E-state index in [1.807, 2.05) is 30.3 Å². The molecule has 0 bridgehead atoms. The van der Waals surface area contributed by atoms with Gasteiger partial charge < -0.3 is 14.2 Å². The summed E-state index contributed by atoms with van der Waals surface area (Å²) < 4.78 is 18.1. The Morgan fingerprint density at radius 3 is 2.33 bits per heavy atom. The summed E-state index contributed by atoms with van der Waals surface area (Å²) in [4.78, 5) is 24.9. The Bertz CT molecular complexity index is 1260. The van der Waals surface area contributed by atoms with Gasteiger partial charge in [0.25, 0.3) is 0 Å². The number of rotatable bonds is 8. The van der Waals surface area contributed by atoms with Gasteiger partial charge in [0.05, 0.1) is 12.7 Å². The van der Waals surface area contributed by atoms with Crippen LogP contribution >= 0.6 is 0 Å². The summed E-state index contributed by atoms with van der Waals surface area (Å²) in [6, 6.07) is 19.8. The molecule has 5 nitrogen and oxygen atoms in total. The molecule has 0 aromatic heterocycles. The molecule has 2 aromatic carbocycles. The molecule has 0 N–H and O–H groups in total. The number of fused-ring (bicyclic) bond motifs is 5. The molecule has 4 saturated carbocycles. The Morgan fingerprint density at radius 2 is 1.60 bits per heavy atom. The molecule has 6 rings (SSSR count). The summed E-state index contributed by atoms with van der Waals surface area (Å²) in [5, 5.41) is 0. The highest BCUT2D eigenvalue weighted by atomic mass is 16.5. The Balaban J connectivity index is 1.23. The number of hydrogen-bond donors (Lipinski definition) is 0. The van der Waals surface area contributed by atoms with Gasteiger partial charge in [-0.3, -0.25) is 4.79 Å². The van der Waals surface area contributed by atoms with E-state index in [9.17, 15) is 9.59 Å². The quantitative estimate of drug-likeness (QED) is 0.290. The van der Waals surface area contributed by atoms with Crippen LogP contribution in [0.3, 0.4) is 0 Å². The van der Waals surface area contributed by atoms with Crippen molar-refractivity contribution in [3.05, 3.63) is 66.2 Å². The SMILES string of the molecule is COC(=O)CC[C@@H](C)[C@H]1CC[C@H]2[C@@H]3CC[C@H]4C[C@H](OC(=O)c5ccccc5)CC[C@]4(C)[C@H]3C[C@H](Oc3ccccc3)[C@]12C. The Hall–Kier alpha value is -2.82. The average molecular weight is 587 g/mol. The van der Waals surface area contributed by atoms with Crippen LogP contribution in [0.4, 0.5) is 0 Å². The minimum atomic E-state index is -0.189. The number of carbonyl (C=O) groups is 2. The van der Waals surface area contributed by atoms with Gasteiger partial charge in [0.2, 0.25) is 0 Å². The topological polar surface area (TPSA) is 61.8 Å². The highest BCUT2D eigenvalue weighted by Gasteiger charge is 2.65. The van der Waals surface area contributed by atoms with Crippen LogP contribution in [-0.2, 0) is 14.3 Å². The van der Waals surface area contributed by atoms with Crippen LogP contribution in [0, 0.1) is 46.3 Å². The van der Waals surface area contributed by atoms with Crippen LogP contribution in [0.5, 0.6) is 5.75 Å². The van der Waals surface area contributed by atoms with Crippen molar-refractivity contribution in [1.82, 2.24) is 0 Å². The molecule has 4 fully saturated rings. The molecule has 232 valence electrons. The minimum Gasteiger partial charge on any atom is -0.490 e. The number of benzene rings is 2. The van der Waals surface area contributed by atoms with E-state index in [1.165, 1.54) is 32.8 Å². The fourth-order valence-corrected chi connectivity index (χ4v) is 10.5. The third-order valence-corrected chi connectivity index (χ3v) is 12.8. The minimum absolute atomic E-state index is 0.000857. The molecule has 4 aliphatic rings. The van der Waals surface area contributed by atoms with Crippen molar-refractivity contribution in [3.63, 3.8) is 0 Å². The molecule has 0 amide bonds. The van der Waals surface area contributed by atoms with Crippen LogP contribution in [-0.4, -0.2) is 31.3 Å². The van der Waals surface area contributed by atoms with E-state index in [0.29, 0.717) is 47.5 Å². The van der Waals surface area contributed by atoms with E-state index in [4.69, 9.17) is 14.2 Å². The molecule has 2 aromatic rings. The summed E-state index contributed by atoms with van der Waals surface area (Å²) in [7, 11) is 1.49. The van der Waals surface area contributed by atoms with Gasteiger partial charge in [-0.05, 0) is 123 Å². The number of esters is 2. The molecular formula is C38H50O5. The number of hydrogen-bond acceptors (Lipinski definition) is 5. The maximum atomic E-state index is 12.9. The number of methoxy groups -OCH3 is 1. The smallest absolute Gasteiger partial charge is 0.338 e. The van der Waals surface area contributed by atoms with E-state index in [2.05, 4.69) is 51.1 Å². The number of para-hydroxylation sites is 1.